The van der Waals surface area contributed by atoms with Crippen molar-refractivity contribution in [2.24, 2.45) is 0 Å². The number of nitrogens with zero attached hydrogens (tertiary/aromatic N) is 2. The van der Waals surface area contributed by atoms with Crippen molar-refractivity contribution in [2.45, 2.75) is 44.6 Å². The number of hydrogen-bond donors (Lipinski definition) is 1. The molecule has 1 aliphatic heterocycles. The number of unbranched alkanes of at least 4 members (excludes halogenated alkanes) is 1. The predicted molar refractivity (Wildman–Crippen MR) is 158 cm³/mol. The van der Waals surface area contributed by atoms with E-state index in [0.29, 0.717) is 17.0 Å². The molecule has 0 saturated carbocycles. The van der Waals surface area contributed by atoms with E-state index < -0.39 is 0 Å². The molecule has 4 rings (SSSR count). The van der Waals surface area contributed by atoms with Crippen LogP contribution in [0.25, 0.3) is 6.08 Å². The van der Waals surface area contributed by atoms with Crippen molar-refractivity contribution in [2.75, 3.05) is 31.6 Å². The summed E-state index contributed by atoms with van der Waals surface area (Å²) in [4.78, 5) is 31.7. The molecule has 0 atom stereocenters. The van der Waals surface area contributed by atoms with Crippen LogP contribution in [-0.2, 0) is 11.3 Å². The molecule has 2 amide bonds. The molecular weight excluding hydrogens is 490 g/mol. The van der Waals surface area contributed by atoms with E-state index in [-0.39, 0.29) is 11.8 Å². The van der Waals surface area contributed by atoms with Crippen LogP contribution in [0.1, 0.15) is 53.2 Å². The topological polar surface area (TPSA) is 52.7 Å². The quantitative estimate of drug-likeness (QED) is 0.228. The molecule has 0 radical (unpaired) electrons. The fourth-order valence-electron chi connectivity index (χ4n) is 4.55. The second-order valence-electron chi connectivity index (χ2n) is 9.80. The fraction of sp³-hybridized carbons (Fsp3) is 0.312. The molecular formula is C32H37N3O2S. The first kappa shape index (κ1) is 27.7. The standard InChI is InChI=1S/C32H37N3O2S/c1-4-5-18-35(23-25-12-7-6-8-13-25)19-10-17-33-31(36)27-15-16-29-28(22-27)34(3)32(37)30(38-29)21-26-14-9-11-24(2)20-26/h6-9,11-16,20-22H,4-5,10,17-19,23H2,1-3H3,(H,33,36)/b30-21+. The van der Waals surface area contributed by atoms with Crippen LogP contribution in [0.3, 0.4) is 0 Å². The minimum absolute atomic E-state index is 0.0628. The van der Waals surface area contributed by atoms with Crippen molar-refractivity contribution in [3.63, 3.8) is 0 Å². The molecule has 3 aromatic carbocycles. The smallest absolute Gasteiger partial charge is 0.264 e. The Bertz CT molecular complexity index is 1290. The van der Waals surface area contributed by atoms with Gasteiger partial charge in [-0.2, -0.15) is 0 Å². The molecule has 198 valence electrons. The van der Waals surface area contributed by atoms with E-state index in [1.54, 1.807) is 11.9 Å². The van der Waals surface area contributed by atoms with E-state index in [1.165, 1.54) is 30.2 Å². The van der Waals surface area contributed by atoms with Crippen LogP contribution in [0.2, 0.25) is 0 Å². The highest BCUT2D eigenvalue weighted by atomic mass is 32.2. The van der Waals surface area contributed by atoms with Crippen LogP contribution in [-0.4, -0.2) is 43.4 Å². The van der Waals surface area contributed by atoms with E-state index >= 15 is 0 Å². The van der Waals surface area contributed by atoms with Crippen LogP contribution >= 0.6 is 11.8 Å². The Morgan fingerprint density at radius 2 is 1.79 bits per heavy atom. The Labute approximate surface area is 230 Å². The first-order valence-electron chi connectivity index (χ1n) is 13.4. The maximum Gasteiger partial charge on any atom is 0.264 e. The molecule has 0 spiro atoms. The van der Waals surface area contributed by atoms with Gasteiger partial charge in [-0.25, -0.2) is 0 Å². The molecule has 1 aliphatic rings. The SMILES string of the molecule is CCCCN(CCCNC(=O)c1ccc2c(c1)N(C)C(=O)/C(=C\c1cccc(C)c1)S2)Cc1ccccc1. The molecule has 38 heavy (non-hydrogen) atoms. The lowest BCUT2D eigenvalue weighted by Gasteiger charge is -2.27. The fourth-order valence-corrected chi connectivity index (χ4v) is 5.64. The maximum atomic E-state index is 13.1. The van der Waals surface area contributed by atoms with E-state index in [0.717, 1.165) is 47.8 Å². The zero-order valence-electron chi connectivity index (χ0n) is 22.6. The van der Waals surface area contributed by atoms with Gasteiger partial charge in [-0.1, -0.05) is 85.3 Å². The normalized spacial score (nSPS) is 14.2. The molecule has 0 fully saturated rings. The van der Waals surface area contributed by atoms with Crippen LogP contribution in [0, 0.1) is 6.92 Å². The molecule has 0 aliphatic carbocycles. The number of hydrogen-bond acceptors (Lipinski definition) is 4. The highest BCUT2D eigenvalue weighted by Gasteiger charge is 2.27. The number of benzene rings is 3. The van der Waals surface area contributed by atoms with Crippen molar-refractivity contribution in [1.29, 1.82) is 0 Å². The molecule has 6 heteroatoms. The molecule has 1 N–H and O–H groups in total. The number of aryl methyl sites for hydroxylation is 1. The van der Waals surface area contributed by atoms with Crippen LogP contribution in [0.5, 0.6) is 0 Å². The molecule has 0 saturated heterocycles. The summed E-state index contributed by atoms with van der Waals surface area (Å²) in [5, 5.41) is 3.07. The average molecular weight is 528 g/mol. The lowest BCUT2D eigenvalue weighted by Crippen LogP contribution is -2.32. The van der Waals surface area contributed by atoms with Crippen molar-refractivity contribution in [3.05, 3.63) is 100.0 Å². The predicted octanol–water partition coefficient (Wildman–Crippen LogP) is 6.53. The number of fused-ring (bicyclic) bond motifs is 1. The van der Waals surface area contributed by atoms with Gasteiger partial charge in [0.2, 0.25) is 0 Å². The van der Waals surface area contributed by atoms with Gasteiger partial charge in [0.1, 0.15) is 0 Å². The van der Waals surface area contributed by atoms with Gasteiger partial charge in [-0.3, -0.25) is 14.5 Å². The zero-order chi connectivity index (χ0) is 26.9. The summed E-state index contributed by atoms with van der Waals surface area (Å²) < 4.78 is 0. The van der Waals surface area contributed by atoms with Gasteiger partial charge < -0.3 is 10.2 Å². The van der Waals surface area contributed by atoms with Gasteiger partial charge in [0, 0.05) is 37.1 Å². The minimum atomic E-state index is -0.108. The number of rotatable bonds is 11. The third kappa shape index (κ3) is 7.36. The van der Waals surface area contributed by atoms with E-state index in [1.807, 2.05) is 55.5 Å². The van der Waals surface area contributed by atoms with Gasteiger partial charge in [0.25, 0.3) is 11.8 Å². The Morgan fingerprint density at radius 1 is 1.00 bits per heavy atom. The molecule has 5 nitrogen and oxygen atoms in total. The lowest BCUT2D eigenvalue weighted by molar-refractivity contribution is -0.114. The second-order valence-corrected chi connectivity index (χ2v) is 10.9. The third-order valence-electron chi connectivity index (χ3n) is 6.67. The van der Waals surface area contributed by atoms with Gasteiger partial charge in [-0.05, 0) is 61.7 Å². The lowest BCUT2D eigenvalue weighted by atomic mass is 10.1. The molecule has 0 bridgehead atoms. The van der Waals surface area contributed by atoms with Crippen LogP contribution in [0.15, 0.2) is 82.6 Å². The number of likely N-dealkylation sites (N-methyl/N-ethyl adjacent to an activating group) is 1. The van der Waals surface area contributed by atoms with Gasteiger partial charge in [-0.15, -0.1) is 0 Å². The van der Waals surface area contributed by atoms with Crippen LogP contribution < -0.4 is 10.2 Å². The first-order valence-corrected chi connectivity index (χ1v) is 14.2. The number of anilines is 1. The summed E-state index contributed by atoms with van der Waals surface area (Å²) in [7, 11) is 1.77. The molecule has 0 unspecified atom stereocenters. The summed E-state index contributed by atoms with van der Waals surface area (Å²) in [6, 6.07) is 24.2. The average Bonchev–Trinajstić information content (AvgIpc) is 2.92. The number of carbonyl (C=O) groups excluding carboxylic acids is 2. The molecule has 3 aromatic rings. The maximum absolute atomic E-state index is 13.1. The third-order valence-corrected chi connectivity index (χ3v) is 7.75. The number of amides is 2. The zero-order valence-corrected chi connectivity index (χ0v) is 23.4. The Kier molecular flexibility index (Phi) is 9.79. The highest BCUT2D eigenvalue weighted by molar-refractivity contribution is 8.04. The summed E-state index contributed by atoms with van der Waals surface area (Å²) >= 11 is 1.45. The van der Waals surface area contributed by atoms with E-state index in [2.05, 4.69) is 47.5 Å². The number of nitrogens with one attached hydrogen (secondary N) is 1. The van der Waals surface area contributed by atoms with Crippen molar-refractivity contribution in [1.82, 2.24) is 10.2 Å². The molecule has 1 heterocycles. The van der Waals surface area contributed by atoms with E-state index in [9.17, 15) is 9.59 Å². The molecule has 0 aromatic heterocycles. The first-order chi connectivity index (χ1) is 18.4. The summed E-state index contributed by atoms with van der Waals surface area (Å²) in [5.41, 5.74) is 4.81. The summed E-state index contributed by atoms with van der Waals surface area (Å²) in [5.74, 6) is -0.171. The monoisotopic (exact) mass is 527 g/mol. The van der Waals surface area contributed by atoms with Crippen LogP contribution in [0.4, 0.5) is 5.69 Å². The van der Waals surface area contributed by atoms with Gasteiger partial charge in [0.15, 0.2) is 0 Å². The van der Waals surface area contributed by atoms with Crippen molar-refractivity contribution >= 4 is 35.3 Å². The van der Waals surface area contributed by atoms with Gasteiger partial charge in [0.05, 0.1) is 10.6 Å². The number of thioether (sulfide) groups is 1. The Hall–Kier alpha value is -3.35. The number of carbonyl (C=O) groups is 2. The highest BCUT2D eigenvalue weighted by Crippen LogP contribution is 2.42. The summed E-state index contributed by atoms with van der Waals surface area (Å²) in [6.45, 7) is 7.78. The Balaban J connectivity index is 1.34. The van der Waals surface area contributed by atoms with E-state index in [4.69, 9.17) is 0 Å². The second kappa shape index (κ2) is 13.4. The largest absolute Gasteiger partial charge is 0.352 e. The summed E-state index contributed by atoms with van der Waals surface area (Å²) in [6.07, 6.45) is 5.15. The van der Waals surface area contributed by atoms with Crippen molar-refractivity contribution < 1.29 is 9.59 Å². The van der Waals surface area contributed by atoms with Gasteiger partial charge >= 0.3 is 0 Å². The van der Waals surface area contributed by atoms with Crippen molar-refractivity contribution in [3.8, 4) is 0 Å². The minimum Gasteiger partial charge on any atom is -0.352 e. The Morgan fingerprint density at radius 3 is 2.55 bits per heavy atom.